The lowest BCUT2D eigenvalue weighted by molar-refractivity contribution is -0.384. The van der Waals surface area contributed by atoms with Gasteiger partial charge in [0.1, 0.15) is 0 Å². The molecule has 0 spiro atoms. The van der Waals surface area contributed by atoms with E-state index in [4.69, 9.17) is 18.9 Å². The molecule has 11 heteroatoms. The molecule has 1 aromatic carbocycles. The Morgan fingerprint density at radius 2 is 1.54 bits per heavy atom. The maximum absolute atomic E-state index is 11.6. The van der Waals surface area contributed by atoms with Crippen LogP contribution in [0.2, 0.25) is 0 Å². The van der Waals surface area contributed by atoms with Crippen LogP contribution in [0, 0.1) is 10.1 Å². The number of rotatable bonds is 6. The van der Waals surface area contributed by atoms with E-state index in [0.29, 0.717) is 5.69 Å². The minimum atomic E-state index is -1.13. The number of carbonyl (C=O) groups excluding carboxylic acids is 3. The highest BCUT2D eigenvalue weighted by Crippen LogP contribution is 2.26. The lowest BCUT2D eigenvalue weighted by atomic mass is 10.0. The monoisotopic (exact) mass is 396 g/mol. The molecule has 0 bridgehead atoms. The summed E-state index contributed by atoms with van der Waals surface area (Å²) in [5, 5.41) is 13.7. The van der Waals surface area contributed by atoms with Gasteiger partial charge in [-0.15, -0.1) is 0 Å². The smallest absolute Gasteiger partial charge is 0.303 e. The van der Waals surface area contributed by atoms with Crippen molar-refractivity contribution in [2.24, 2.45) is 0 Å². The molecule has 0 saturated carbocycles. The summed E-state index contributed by atoms with van der Waals surface area (Å²) in [4.78, 5) is 44.6. The molecule has 0 radical (unpaired) electrons. The van der Waals surface area contributed by atoms with E-state index in [1.54, 1.807) is 0 Å². The van der Waals surface area contributed by atoms with E-state index in [1.165, 1.54) is 45.0 Å². The van der Waals surface area contributed by atoms with E-state index in [0.717, 1.165) is 0 Å². The van der Waals surface area contributed by atoms with E-state index >= 15 is 0 Å². The van der Waals surface area contributed by atoms with Gasteiger partial charge in [0.15, 0.2) is 24.5 Å². The van der Waals surface area contributed by atoms with Crippen LogP contribution in [0.15, 0.2) is 24.3 Å². The van der Waals surface area contributed by atoms with Crippen LogP contribution in [0.3, 0.4) is 0 Å². The highest BCUT2D eigenvalue weighted by atomic mass is 16.6. The van der Waals surface area contributed by atoms with Gasteiger partial charge in [0.05, 0.1) is 11.5 Å². The summed E-state index contributed by atoms with van der Waals surface area (Å²) in [6.07, 6.45) is -4.16. The molecule has 11 nitrogen and oxygen atoms in total. The molecule has 1 aliphatic heterocycles. The molecule has 0 aromatic heterocycles. The Bertz CT molecular complexity index is 749. The van der Waals surface area contributed by atoms with Crippen LogP contribution < -0.4 is 5.32 Å². The summed E-state index contributed by atoms with van der Waals surface area (Å²) in [7, 11) is 0. The predicted octanol–water partition coefficient (Wildman–Crippen LogP) is 1.16. The number of hydrogen-bond acceptors (Lipinski definition) is 10. The van der Waals surface area contributed by atoms with Crippen LogP contribution in [0.1, 0.15) is 20.8 Å². The lowest BCUT2D eigenvalue weighted by Gasteiger charge is -2.40. The number of nitrogens with zero attached hydrogens (tertiary/aromatic N) is 1. The van der Waals surface area contributed by atoms with Gasteiger partial charge in [0.2, 0.25) is 0 Å². The van der Waals surface area contributed by atoms with Crippen LogP contribution >= 0.6 is 0 Å². The summed E-state index contributed by atoms with van der Waals surface area (Å²) >= 11 is 0. The second-order valence-corrected chi connectivity index (χ2v) is 6.00. The third-order valence-corrected chi connectivity index (χ3v) is 3.74. The number of nitrogens with one attached hydrogen (secondary N) is 1. The van der Waals surface area contributed by atoms with Gasteiger partial charge in [0.25, 0.3) is 5.69 Å². The molecule has 152 valence electrons. The van der Waals surface area contributed by atoms with Crippen molar-refractivity contribution in [2.75, 3.05) is 11.9 Å². The molecule has 1 fully saturated rings. The van der Waals surface area contributed by atoms with Gasteiger partial charge in [-0.25, -0.2) is 0 Å². The molecule has 1 aliphatic rings. The average molecular weight is 396 g/mol. The van der Waals surface area contributed by atoms with E-state index in [2.05, 4.69) is 5.32 Å². The summed E-state index contributed by atoms with van der Waals surface area (Å²) in [5.41, 5.74) is 0.347. The number of benzene rings is 1. The third-order valence-electron chi connectivity index (χ3n) is 3.74. The van der Waals surface area contributed by atoms with Crippen LogP contribution in [0.25, 0.3) is 0 Å². The van der Waals surface area contributed by atoms with Crippen molar-refractivity contribution in [3.05, 3.63) is 34.4 Å². The first-order valence-corrected chi connectivity index (χ1v) is 8.31. The first-order valence-electron chi connectivity index (χ1n) is 8.31. The van der Waals surface area contributed by atoms with Crippen molar-refractivity contribution in [1.29, 1.82) is 0 Å². The Morgan fingerprint density at radius 3 is 2.04 bits per heavy atom. The number of ether oxygens (including phenoxy) is 4. The van der Waals surface area contributed by atoms with E-state index in [-0.39, 0.29) is 12.3 Å². The standard InChI is InChI=1S/C17H20N2O9/c1-9(20)26-14-8-25-17(16(28-11(3)22)15(14)27-10(2)21)18-12-4-6-13(7-5-12)19(23)24/h4-7,14-18H,8H2,1-3H3/t14-,15-,16-,17-/m1/s1. The van der Waals surface area contributed by atoms with Gasteiger partial charge in [-0.3, -0.25) is 24.5 Å². The van der Waals surface area contributed by atoms with Crippen molar-refractivity contribution in [1.82, 2.24) is 0 Å². The van der Waals surface area contributed by atoms with Crippen LogP contribution in [0.4, 0.5) is 11.4 Å². The Labute approximate surface area is 160 Å². The predicted molar refractivity (Wildman–Crippen MR) is 93.1 cm³/mol. The molecule has 1 heterocycles. The Balaban J connectivity index is 2.25. The third kappa shape index (κ3) is 5.64. The van der Waals surface area contributed by atoms with Crippen molar-refractivity contribution < 1.29 is 38.3 Å². The topological polar surface area (TPSA) is 143 Å². The molecule has 28 heavy (non-hydrogen) atoms. The Hall–Kier alpha value is -3.21. The Morgan fingerprint density at radius 1 is 1.00 bits per heavy atom. The second kappa shape index (κ2) is 9.13. The van der Waals surface area contributed by atoms with Crippen molar-refractivity contribution in [2.45, 2.75) is 45.3 Å². The summed E-state index contributed by atoms with van der Waals surface area (Å²) < 4.78 is 21.2. The lowest BCUT2D eigenvalue weighted by Crippen LogP contribution is -2.59. The molecule has 4 atom stereocenters. The normalized spacial score (nSPS) is 24.0. The number of nitro groups is 1. The maximum Gasteiger partial charge on any atom is 0.303 e. The molecule has 2 rings (SSSR count). The maximum atomic E-state index is 11.6. The van der Waals surface area contributed by atoms with Gasteiger partial charge in [-0.2, -0.15) is 0 Å². The van der Waals surface area contributed by atoms with Crippen molar-refractivity contribution in [3.8, 4) is 0 Å². The first kappa shape index (κ1) is 21.1. The minimum absolute atomic E-state index is 0.0978. The quantitative estimate of drug-likeness (QED) is 0.322. The van der Waals surface area contributed by atoms with E-state index in [1.807, 2.05) is 0 Å². The molecule has 0 unspecified atom stereocenters. The number of nitro benzene ring substituents is 1. The fourth-order valence-corrected chi connectivity index (χ4v) is 2.71. The fourth-order valence-electron chi connectivity index (χ4n) is 2.71. The van der Waals surface area contributed by atoms with E-state index in [9.17, 15) is 24.5 Å². The largest absolute Gasteiger partial charge is 0.456 e. The zero-order chi connectivity index (χ0) is 20.8. The van der Waals surface area contributed by atoms with Gasteiger partial charge >= 0.3 is 17.9 Å². The zero-order valence-corrected chi connectivity index (χ0v) is 15.4. The number of non-ortho nitro benzene ring substituents is 1. The molecular weight excluding hydrogens is 376 g/mol. The minimum Gasteiger partial charge on any atom is -0.456 e. The van der Waals surface area contributed by atoms with Gasteiger partial charge in [-0.05, 0) is 12.1 Å². The highest BCUT2D eigenvalue weighted by molar-refractivity contribution is 5.68. The molecule has 0 aliphatic carbocycles. The van der Waals surface area contributed by atoms with Crippen LogP contribution in [-0.2, 0) is 33.3 Å². The number of esters is 3. The number of carbonyl (C=O) groups is 3. The summed E-state index contributed by atoms with van der Waals surface area (Å²) in [5.74, 6) is -1.94. The SMILES string of the molecule is CC(=O)O[C@@H]1[C@H](OC(C)=O)[C@H](OC(C)=O)CO[C@H]1Nc1ccc([N+](=O)[O-])cc1. The van der Waals surface area contributed by atoms with Crippen LogP contribution in [-0.4, -0.2) is 54.0 Å². The van der Waals surface area contributed by atoms with Crippen molar-refractivity contribution in [3.63, 3.8) is 0 Å². The summed E-state index contributed by atoms with van der Waals surface area (Å²) in [6.45, 7) is 3.40. The van der Waals surface area contributed by atoms with Crippen molar-refractivity contribution >= 4 is 29.3 Å². The van der Waals surface area contributed by atoms with Gasteiger partial charge in [-0.1, -0.05) is 0 Å². The number of hydrogen-bond donors (Lipinski definition) is 1. The highest BCUT2D eigenvalue weighted by Gasteiger charge is 2.47. The second-order valence-electron chi connectivity index (χ2n) is 6.00. The van der Waals surface area contributed by atoms with Crippen LogP contribution in [0.5, 0.6) is 0 Å². The average Bonchev–Trinajstić information content (AvgIpc) is 2.59. The number of anilines is 1. The Kier molecular flexibility index (Phi) is 6.88. The van der Waals surface area contributed by atoms with Gasteiger partial charge < -0.3 is 24.3 Å². The molecule has 1 aromatic rings. The first-order chi connectivity index (χ1) is 13.2. The molecule has 0 amide bonds. The van der Waals surface area contributed by atoms with Gasteiger partial charge in [0, 0.05) is 38.6 Å². The molecule has 1 N–H and O–H groups in total. The molecule has 1 saturated heterocycles. The summed E-state index contributed by atoms with van der Waals surface area (Å²) in [6, 6.07) is 5.48. The fraction of sp³-hybridized carbons (Fsp3) is 0.471. The molecular formula is C17H20N2O9. The van der Waals surface area contributed by atoms with E-state index < -0.39 is 47.4 Å². The zero-order valence-electron chi connectivity index (χ0n) is 15.4.